The van der Waals surface area contributed by atoms with Crippen molar-refractivity contribution in [1.82, 2.24) is 10.6 Å². The summed E-state index contributed by atoms with van der Waals surface area (Å²) in [5.41, 5.74) is 0. The molecule has 0 spiro atoms. The van der Waals surface area contributed by atoms with Gasteiger partial charge in [0.25, 0.3) is 0 Å². The van der Waals surface area contributed by atoms with Gasteiger partial charge in [0, 0.05) is 6.04 Å². The molecule has 1 aliphatic carbocycles. The van der Waals surface area contributed by atoms with Gasteiger partial charge in [0.2, 0.25) is 0 Å². The molecule has 1 saturated carbocycles. The Morgan fingerprint density at radius 1 is 1.05 bits per heavy atom. The number of rotatable bonds is 4. The third-order valence-electron chi connectivity index (χ3n) is 4.71. The van der Waals surface area contributed by atoms with E-state index in [9.17, 15) is 4.79 Å². The monoisotopic (exact) mass is 328 g/mol. The molecule has 22 heavy (non-hydrogen) atoms. The van der Waals surface area contributed by atoms with E-state index in [1.807, 2.05) is 11.8 Å². The smallest absolute Gasteiger partial charge is 0.315 e. The van der Waals surface area contributed by atoms with E-state index in [0.29, 0.717) is 23.1 Å². The van der Waals surface area contributed by atoms with Gasteiger partial charge in [0.1, 0.15) is 6.10 Å². The van der Waals surface area contributed by atoms with Gasteiger partial charge in [-0.2, -0.15) is 11.8 Å². The maximum absolute atomic E-state index is 12.2. The summed E-state index contributed by atoms with van der Waals surface area (Å²) in [7, 11) is 0. The number of thioether (sulfide) groups is 1. The van der Waals surface area contributed by atoms with Crippen LogP contribution in [0.25, 0.3) is 0 Å². The van der Waals surface area contributed by atoms with Crippen molar-refractivity contribution >= 4 is 17.8 Å². The Morgan fingerprint density at radius 3 is 2.50 bits per heavy atom. The molecule has 3 aliphatic rings. The molecule has 0 aromatic rings. The van der Waals surface area contributed by atoms with E-state index in [2.05, 4.69) is 24.5 Å². The van der Waals surface area contributed by atoms with Crippen LogP contribution in [-0.2, 0) is 9.47 Å². The van der Waals surface area contributed by atoms with Crippen molar-refractivity contribution in [2.24, 2.45) is 0 Å². The van der Waals surface area contributed by atoms with Crippen molar-refractivity contribution in [3.05, 3.63) is 0 Å². The molecule has 0 aromatic heterocycles. The van der Waals surface area contributed by atoms with Gasteiger partial charge in [-0.1, -0.05) is 33.1 Å². The van der Waals surface area contributed by atoms with Crippen molar-refractivity contribution < 1.29 is 14.3 Å². The van der Waals surface area contributed by atoms with E-state index in [-0.39, 0.29) is 24.3 Å². The normalized spacial score (nSPS) is 35.6. The number of hydrogen-bond acceptors (Lipinski definition) is 4. The second-order valence-electron chi connectivity index (χ2n) is 6.88. The second-order valence-corrected chi connectivity index (χ2v) is 8.70. The lowest BCUT2D eigenvalue weighted by atomic mass is 9.96. The predicted octanol–water partition coefficient (Wildman–Crippen LogP) is 2.29. The van der Waals surface area contributed by atoms with Gasteiger partial charge in [0.15, 0.2) is 0 Å². The largest absolute Gasteiger partial charge is 0.372 e. The fraction of sp³-hybridized carbons (Fsp3) is 0.938. The first-order valence-electron chi connectivity index (χ1n) is 8.59. The predicted molar refractivity (Wildman–Crippen MR) is 88.3 cm³/mol. The zero-order valence-electron chi connectivity index (χ0n) is 13.5. The van der Waals surface area contributed by atoms with Crippen molar-refractivity contribution in [2.75, 3.05) is 13.2 Å². The van der Waals surface area contributed by atoms with Crippen molar-refractivity contribution in [3.8, 4) is 0 Å². The Balaban J connectivity index is 1.46. The Labute approximate surface area is 137 Å². The zero-order chi connectivity index (χ0) is 15.5. The van der Waals surface area contributed by atoms with Gasteiger partial charge in [-0.3, -0.25) is 0 Å². The molecule has 126 valence electrons. The van der Waals surface area contributed by atoms with E-state index >= 15 is 0 Å². The third-order valence-corrected chi connectivity index (χ3v) is 6.01. The molecule has 6 heteroatoms. The quantitative estimate of drug-likeness (QED) is 0.831. The van der Waals surface area contributed by atoms with Gasteiger partial charge < -0.3 is 20.1 Å². The first-order valence-corrected chi connectivity index (χ1v) is 9.53. The molecule has 4 atom stereocenters. The number of urea groups is 1. The number of hydrogen-bond donors (Lipinski definition) is 2. The van der Waals surface area contributed by atoms with E-state index in [4.69, 9.17) is 9.47 Å². The summed E-state index contributed by atoms with van der Waals surface area (Å²) in [5, 5.41) is 7.12. The van der Waals surface area contributed by atoms with E-state index in [1.165, 1.54) is 19.3 Å². The molecular weight excluding hydrogens is 300 g/mol. The first kappa shape index (κ1) is 16.4. The molecule has 2 N–H and O–H groups in total. The lowest BCUT2D eigenvalue weighted by Crippen LogP contribution is -2.51. The van der Waals surface area contributed by atoms with Crippen LogP contribution in [0.2, 0.25) is 0 Å². The van der Waals surface area contributed by atoms with E-state index in [1.54, 1.807) is 0 Å². The van der Waals surface area contributed by atoms with Crippen LogP contribution >= 0.6 is 11.8 Å². The highest BCUT2D eigenvalue weighted by atomic mass is 32.2. The van der Waals surface area contributed by atoms with Gasteiger partial charge >= 0.3 is 6.03 Å². The second kappa shape index (κ2) is 7.41. The minimum atomic E-state index is -0.0651. The van der Waals surface area contributed by atoms with Gasteiger partial charge in [0.05, 0.1) is 30.6 Å². The van der Waals surface area contributed by atoms with Crippen LogP contribution in [0.15, 0.2) is 0 Å². The molecule has 0 aromatic carbocycles. The number of carbonyl (C=O) groups excluding carboxylic acids is 1. The summed E-state index contributed by atoms with van der Waals surface area (Å²) >= 11 is 1.91. The minimum Gasteiger partial charge on any atom is -0.372 e. The lowest BCUT2D eigenvalue weighted by molar-refractivity contribution is 0.0693. The molecule has 2 amide bonds. The molecule has 0 radical (unpaired) electrons. The third kappa shape index (κ3) is 3.89. The number of carbonyl (C=O) groups is 1. The van der Waals surface area contributed by atoms with E-state index < -0.39 is 0 Å². The summed E-state index contributed by atoms with van der Waals surface area (Å²) in [6.45, 7) is 5.67. The highest BCUT2D eigenvalue weighted by Gasteiger charge is 2.48. The maximum Gasteiger partial charge on any atom is 0.315 e. The molecule has 5 nitrogen and oxygen atoms in total. The Hall–Kier alpha value is -0.460. The SMILES string of the molecule is CC(C)S[C@H]1CO[C@H]2[C@@H]1OC[C@@H]2NC(=O)NC1CCCCC1. The topological polar surface area (TPSA) is 59.6 Å². The van der Waals surface area contributed by atoms with Crippen LogP contribution < -0.4 is 10.6 Å². The maximum atomic E-state index is 12.2. The molecular formula is C16H28N2O3S. The summed E-state index contributed by atoms with van der Waals surface area (Å²) < 4.78 is 11.8. The first-order chi connectivity index (χ1) is 10.6. The van der Waals surface area contributed by atoms with Gasteiger partial charge in [-0.15, -0.1) is 0 Å². The number of amides is 2. The van der Waals surface area contributed by atoms with Crippen LogP contribution in [0.5, 0.6) is 0 Å². The fourth-order valence-electron chi connectivity index (χ4n) is 3.70. The van der Waals surface area contributed by atoms with Crippen molar-refractivity contribution in [2.45, 2.75) is 80.7 Å². The minimum absolute atomic E-state index is 0.00774. The Morgan fingerprint density at radius 2 is 1.77 bits per heavy atom. The molecule has 3 fully saturated rings. The van der Waals surface area contributed by atoms with Gasteiger partial charge in [-0.25, -0.2) is 4.79 Å². The number of ether oxygens (including phenoxy) is 2. The van der Waals surface area contributed by atoms with Gasteiger partial charge in [-0.05, 0) is 18.1 Å². The average molecular weight is 328 g/mol. The van der Waals surface area contributed by atoms with Crippen LogP contribution in [0.4, 0.5) is 4.79 Å². The summed E-state index contributed by atoms with van der Waals surface area (Å²) in [6, 6.07) is 0.247. The Bertz CT molecular complexity index is 388. The molecule has 0 unspecified atom stereocenters. The number of nitrogens with one attached hydrogen (secondary N) is 2. The van der Waals surface area contributed by atoms with Crippen LogP contribution in [-0.4, -0.2) is 54.0 Å². The lowest BCUT2D eigenvalue weighted by Gasteiger charge is -2.24. The van der Waals surface area contributed by atoms with Crippen molar-refractivity contribution in [1.29, 1.82) is 0 Å². The standard InChI is InChI=1S/C16H28N2O3S/c1-10(2)22-13-9-21-14-12(8-20-15(13)14)18-16(19)17-11-6-4-3-5-7-11/h10-15H,3-9H2,1-2H3,(H2,17,18,19)/t12-,13-,14+,15+/m0/s1. The number of fused-ring (bicyclic) bond motifs is 1. The average Bonchev–Trinajstić information content (AvgIpc) is 3.04. The molecule has 2 aliphatic heterocycles. The summed E-state index contributed by atoms with van der Waals surface area (Å²) in [6.07, 6.45) is 6.07. The van der Waals surface area contributed by atoms with Crippen LogP contribution in [0, 0.1) is 0 Å². The summed E-state index contributed by atoms with van der Waals surface area (Å²) in [4.78, 5) is 12.2. The molecule has 2 heterocycles. The molecule has 0 bridgehead atoms. The highest BCUT2D eigenvalue weighted by molar-refractivity contribution is 8.00. The molecule has 3 rings (SSSR count). The van der Waals surface area contributed by atoms with Crippen LogP contribution in [0.3, 0.4) is 0 Å². The Kier molecular flexibility index (Phi) is 5.52. The van der Waals surface area contributed by atoms with E-state index in [0.717, 1.165) is 19.4 Å². The summed E-state index contributed by atoms with van der Waals surface area (Å²) in [5.74, 6) is 0. The fourth-order valence-corrected chi connectivity index (χ4v) is 4.94. The van der Waals surface area contributed by atoms with Crippen LogP contribution in [0.1, 0.15) is 46.0 Å². The zero-order valence-corrected chi connectivity index (χ0v) is 14.4. The molecule has 2 saturated heterocycles. The highest BCUT2D eigenvalue weighted by Crippen LogP contribution is 2.35. The van der Waals surface area contributed by atoms with Crippen molar-refractivity contribution in [3.63, 3.8) is 0 Å².